The second-order valence-corrected chi connectivity index (χ2v) is 5.06. The van der Waals surface area contributed by atoms with Gasteiger partial charge in [0.05, 0.1) is 17.1 Å². The monoisotopic (exact) mass is 270 g/mol. The summed E-state index contributed by atoms with van der Waals surface area (Å²) in [5.74, 6) is -1.53. The number of aromatic nitrogens is 2. The molecule has 0 saturated heterocycles. The number of carbonyl (C=O) groups is 1. The third-order valence-electron chi connectivity index (χ3n) is 3.30. The van der Waals surface area contributed by atoms with Gasteiger partial charge in [0.2, 0.25) is 0 Å². The first-order chi connectivity index (χ1) is 9.47. The molecule has 0 bridgehead atoms. The number of carboxylic acids is 1. The summed E-state index contributed by atoms with van der Waals surface area (Å²) >= 11 is 0. The molecule has 4 heteroatoms. The van der Waals surface area contributed by atoms with E-state index in [-0.39, 0.29) is 0 Å². The molecule has 0 aliphatic carbocycles. The third-order valence-corrected chi connectivity index (χ3v) is 3.30. The molecule has 1 atom stereocenters. The molecule has 20 heavy (non-hydrogen) atoms. The van der Waals surface area contributed by atoms with Crippen LogP contribution >= 0.6 is 0 Å². The van der Waals surface area contributed by atoms with Gasteiger partial charge in [-0.2, -0.15) is 0 Å². The predicted molar refractivity (Wildman–Crippen MR) is 76.8 cm³/mol. The van der Waals surface area contributed by atoms with Crippen LogP contribution in [0.2, 0.25) is 0 Å². The molecule has 104 valence electrons. The second kappa shape index (κ2) is 5.82. The lowest BCUT2D eigenvalue weighted by Crippen LogP contribution is -2.18. The average Bonchev–Trinajstić information content (AvgIpc) is 2.41. The lowest BCUT2D eigenvalue weighted by atomic mass is 9.94. The highest BCUT2D eigenvalue weighted by Gasteiger charge is 2.24. The van der Waals surface area contributed by atoms with Gasteiger partial charge in [0.25, 0.3) is 0 Å². The number of carboxylic acid groups (broad SMARTS) is 1. The van der Waals surface area contributed by atoms with Crippen molar-refractivity contribution in [1.82, 2.24) is 9.97 Å². The Morgan fingerprint density at radius 3 is 2.45 bits per heavy atom. The normalized spacial score (nSPS) is 12.2. The first-order valence-corrected chi connectivity index (χ1v) is 6.56. The number of nitrogens with zero attached hydrogens (tertiary/aromatic N) is 2. The molecule has 1 heterocycles. The maximum Gasteiger partial charge on any atom is 0.313 e. The summed E-state index contributed by atoms with van der Waals surface area (Å²) in [6, 6.07) is 7.90. The van der Waals surface area contributed by atoms with Crippen molar-refractivity contribution in [2.45, 2.75) is 33.1 Å². The van der Waals surface area contributed by atoms with Gasteiger partial charge in [-0.1, -0.05) is 29.8 Å². The Hall–Kier alpha value is -2.23. The standard InChI is InChI=1S/C16H18N2O2/c1-10-4-6-13(7-5-10)8-14(16(19)20)15-12(3)17-9-11(2)18-15/h4-7,9,14H,8H2,1-3H3,(H,19,20). The van der Waals surface area contributed by atoms with Crippen molar-refractivity contribution in [2.24, 2.45) is 0 Å². The summed E-state index contributed by atoms with van der Waals surface area (Å²) in [4.78, 5) is 20.1. The smallest absolute Gasteiger partial charge is 0.313 e. The van der Waals surface area contributed by atoms with Crippen LogP contribution in [-0.2, 0) is 11.2 Å². The van der Waals surface area contributed by atoms with Crippen LogP contribution in [0.1, 0.15) is 34.1 Å². The van der Waals surface area contributed by atoms with Crippen molar-refractivity contribution >= 4 is 5.97 Å². The van der Waals surface area contributed by atoms with Crippen LogP contribution in [0.3, 0.4) is 0 Å². The lowest BCUT2D eigenvalue weighted by molar-refractivity contribution is -0.138. The van der Waals surface area contributed by atoms with Crippen molar-refractivity contribution in [1.29, 1.82) is 0 Å². The Labute approximate surface area is 118 Å². The van der Waals surface area contributed by atoms with E-state index in [0.717, 1.165) is 16.8 Å². The minimum Gasteiger partial charge on any atom is -0.481 e. The summed E-state index contributed by atoms with van der Waals surface area (Å²) in [7, 11) is 0. The first-order valence-electron chi connectivity index (χ1n) is 6.56. The molecule has 0 amide bonds. The fourth-order valence-corrected chi connectivity index (χ4v) is 2.15. The van der Waals surface area contributed by atoms with Crippen LogP contribution in [0.15, 0.2) is 30.5 Å². The Morgan fingerprint density at radius 1 is 1.20 bits per heavy atom. The van der Waals surface area contributed by atoms with Gasteiger partial charge in [0.1, 0.15) is 5.92 Å². The predicted octanol–water partition coefficient (Wildman–Crippen LogP) is 2.81. The molecule has 2 rings (SSSR count). The maximum atomic E-state index is 11.6. The maximum absolute atomic E-state index is 11.6. The molecule has 0 aliphatic rings. The van der Waals surface area contributed by atoms with Crippen LogP contribution in [0.4, 0.5) is 0 Å². The summed E-state index contributed by atoms with van der Waals surface area (Å²) in [5, 5.41) is 9.49. The Bertz CT molecular complexity index is 621. The zero-order valence-corrected chi connectivity index (χ0v) is 11.9. The Balaban J connectivity index is 2.34. The molecule has 1 N–H and O–H groups in total. The SMILES string of the molecule is Cc1ccc(CC(C(=O)O)c2nc(C)cnc2C)cc1. The van der Waals surface area contributed by atoms with Crippen molar-refractivity contribution in [3.8, 4) is 0 Å². The van der Waals surface area contributed by atoms with Gasteiger partial charge in [-0.05, 0) is 32.8 Å². The largest absolute Gasteiger partial charge is 0.481 e. The third kappa shape index (κ3) is 3.20. The molecule has 4 nitrogen and oxygen atoms in total. The molecule has 0 radical (unpaired) electrons. The number of rotatable bonds is 4. The van der Waals surface area contributed by atoms with Crippen molar-refractivity contribution in [2.75, 3.05) is 0 Å². The van der Waals surface area contributed by atoms with Gasteiger partial charge in [0, 0.05) is 6.20 Å². The summed E-state index contributed by atoms with van der Waals surface area (Å²) in [6.45, 7) is 5.63. The van der Waals surface area contributed by atoms with E-state index in [4.69, 9.17) is 0 Å². The van der Waals surface area contributed by atoms with Gasteiger partial charge in [-0.25, -0.2) is 0 Å². The number of hydrogen-bond donors (Lipinski definition) is 1. The van der Waals surface area contributed by atoms with E-state index in [1.807, 2.05) is 38.1 Å². The fourth-order valence-electron chi connectivity index (χ4n) is 2.15. The minimum absolute atomic E-state index is 0.425. The van der Waals surface area contributed by atoms with Gasteiger partial charge >= 0.3 is 5.97 Å². The molecular formula is C16H18N2O2. The number of aliphatic carboxylic acids is 1. The minimum atomic E-state index is -0.867. The van der Waals surface area contributed by atoms with E-state index in [0.29, 0.717) is 17.8 Å². The second-order valence-electron chi connectivity index (χ2n) is 5.06. The van der Waals surface area contributed by atoms with Crippen LogP contribution < -0.4 is 0 Å². The highest BCUT2D eigenvalue weighted by atomic mass is 16.4. The molecular weight excluding hydrogens is 252 g/mol. The molecule has 0 aliphatic heterocycles. The molecule has 0 fully saturated rings. The summed E-state index contributed by atoms with van der Waals surface area (Å²) in [6.07, 6.45) is 2.08. The van der Waals surface area contributed by atoms with Gasteiger partial charge in [-0.15, -0.1) is 0 Å². The van der Waals surface area contributed by atoms with Crippen LogP contribution in [0, 0.1) is 20.8 Å². The molecule has 1 aromatic heterocycles. The lowest BCUT2D eigenvalue weighted by Gasteiger charge is -2.14. The number of benzene rings is 1. The van der Waals surface area contributed by atoms with E-state index < -0.39 is 11.9 Å². The van der Waals surface area contributed by atoms with Crippen LogP contribution in [-0.4, -0.2) is 21.0 Å². The Morgan fingerprint density at radius 2 is 1.85 bits per heavy atom. The molecule has 2 aromatic rings. The topological polar surface area (TPSA) is 63.1 Å². The van der Waals surface area contributed by atoms with E-state index in [2.05, 4.69) is 9.97 Å². The highest BCUT2D eigenvalue weighted by molar-refractivity contribution is 5.76. The van der Waals surface area contributed by atoms with Crippen LogP contribution in [0.5, 0.6) is 0 Å². The Kier molecular flexibility index (Phi) is 4.13. The van der Waals surface area contributed by atoms with E-state index >= 15 is 0 Å². The van der Waals surface area contributed by atoms with Crippen LogP contribution in [0.25, 0.3) is 0 Å². The van der Waals surface area contributed by atoms with E-state index in [9.17, 15) is 9.90 Å². The summed E-state index contributed by atoms with van der Waals surface area (Å²) in [5.41, 5.74) is 4.12. The molecule has 0 spiro atoms. The number of hydrogen-bond acceptors (Lipinski definition) is 3. The first kappa shape index (κ1) is 14.2. The van der Waals surface area contributed by atoms with Crippen molar-refractivity contribution in [3.63, 3.8) is 0 Å². The fraction of sp³-hybridized carbons (Fsp3) is 0.312. The molecule has 1 unspecified atom stereocenters. The van der Waals surface area contributed by atoms with E-state index in [1.165, 1.54) is 0 Å². The molecule has 0 saturated carbocycles. The number of aryl methyl sites for hydroxylation is 3. The van der Waals surface area contributed by atoms with E-state index in [1.54, 1.807) is 13.1 Å². The molecule has 1 aromatic carbocycles. The van der Waals surface area contributed by atoms with Crippen molar-refractivity contribution < 1.29 is 9.90 Å². The summed E-state index contributed by atoms with van der Waals surface area (Å²) < 4.78 is 0. The zero-order chi connectivity index (χ0) is 14.7. The van der Waals surface area contributed by atoms with Gasteiger partial charge < -0.3 is 5.11 Å². The van der Waals surface area contributed by atoms with Gasteiger partial charge in [-0.3, -0.25) is 14.8 Å². The average molecular weight is 270 g/mol. The van der Waals surface area contributed by atoms with Gasteiger partial charge in [0.15, 0.2) is 0 Å². The quantitative estimate of drug-likeness (QED) is 0.928. The zero-order valence-electron chi connectivity index (χ0n) is 11.9. The highest BCUT2D eigenvalue weighted by Crippen LogP contribution is 2.22. The van der Waals surface area contributed by atoms with Crippen molar-refractivity contribution in [3.05, 3.63) is 58.7 Å².